The van der Waals surface area contributed by atoms with Crippen molar-refractivity contribution in [1.29, 1.82) is 0 Å². The number of hydrogen-bond acceptors (Lipinski definition) is 1. The van der Waals surface area contributed by atoms with Crippen molar-refractivity contribution in [2.75, 3.05) is 0 Å². The van der Waals surface area contributed by atoms with E-state index >= 15 is 0 Å². The minimum atomic E-state index is 0.356. The van der Waals surface area contributed by atoms with E-state index < -0.39 is 0 Å². The summed E-state index contributed by atoms with van der Waals surface area (Å²) in [6, 6.07) is 0. The highest BCUT2D eigenvalue weighted by atomic mass is 32.2. The van der Waals surface area contributed by atoms with Crippen LogP contribution in [0.25, 0.3) is 0 Å². The highest BCUT2D eigenvalue weighted by molar-refractivity contribution is 8.09. The maximum Gasteiger partial charge on any atom is 0.0416 e. The molecule has 1 aliphatic rings. The van der Waals surface area contributed by atoms with Crippen LogP contribution in [0.15, 0.2) is 12.7 Å². The molecule has 0 radical (unpaired) electrons. The number of rotatable bonds is 1. The van der Waals surface area contributed by atoms with E-state index in [-0.39, 0.29) is 0 Å². The van der Waals surface area contributed by atoms with Crippen LogP contribution in [-0.4, -0.2) is 10.00 Å². The van der Waals surface area contributed by atoms with Crippen molar-refractivity contribution in [1.82, 2.24) is 0 Å². The van der Waals surface area contributed by atoms with Gasteiger partial charge in [0, 0.05) is 10.00 Å². The number of hydrogen-bond donors (Lipinski definition) is 0. The average Bonchev–Trinajstić information content (AvgIpc) is 2.57. The Morgan fingerprint density at radius 2 is 1.46 bits per heavy atom. The maximum atomic E-state index is 3.92. The minimum Gasteiger partial charge on any atom is -0.143 e. The van der Waals surface area contributed by atoms with Crippen LogP contribution in [0.1, 0.15) is 41.5 Å². The number of thioether (sulfide) groups is 1. The van der Waals surface area contributed by atoms with Crippen LogP contribution < -0.4 is 0 Å². The van der Waals surface area contributed by atoms with E-state index in [2.05, 4.69) is 66.0 Å². The molecule has 1 atom stereocenters. The Bertz CT molecular complexity index is 200. The second-order valence-corrected chi connectivity index (χ2v) is 7.40. The molecular formula is C12H22S. The van der Waals surface area contributed by atoms with Gasteiger partial charge in [-0.2, -0.15) is 0 Å². The van der Waals surface area contributed by atoms with Crippen LogP contribution in [0.5, 0.6) is 0 Å². The van der Waals surface area contributed by atoms with Crippen molar-refractivity contribution in [3.05, 3.63) is 12.7 Å². The second kappa shape index (κ2) is 2.79. The highest BCUT2D eigenvalue weighted by Gasteiger charge is 2.66. The van der Waals surface area contributed by atoms with Crippen LogP contribution in [-0.2, 0) is 0 Å². The summed E-state index contributed by atoms with van der Waals surface area (Å²) in [5, 5.41) is 0.646. The lowest BCUT2D eigenvalue weighted by atomic mass is 9.65. The van der Waals surface area contributed by atoms with Gasteiger partial charge in [-0.1, -0.05) is 47.6 Å². The fourth-order valence-corrected chi connectivity index (χ4v) is 4.65. The van der Waals surface area contributed by atoms with E-state index in [0.717, 1.165) is 0 Å². The van der Waals surface area contributed by atoms with Gasteiger partial charge < -0.3 is 0 Å². The molecule has 1 fully saturated rings. The summed E-state index contributed by atoms with van der Waals surface area (Å²) < 4.78 is 0.391. The molecule has 1 aliphatic heterocycles. The lowest BCUT2D eigenvalue weighted by Gasteiger charge is -2.41. The zero-order valence-electron chi connectivity index (χ0n) is 9.77. The molecule has 0 N–H and O–H groups in total. The smallest absolute Gasteiger partial charge is 0.0416 e. The third-order valence-corrected chi connectivity index (χ3v) is 5.50. The van der Waals surface area contributed by atoms with Gasteiger partial charge in [-0.25, -0.2) is 0 Å². The largest absolute Gasteiger partial charge is 0.143 e. The SMILES string of the molecule is C=CC1SC1(C(C)(C)C)C(C)(C)C. The van der Waals surface area contributed by atoms with E-state index in [0.29, 0.717) is 20.8 Å². The molecule has 1 heterocycles. The normalized spacial score (nSPS) is 27.1. The van der Waals surface area contributed by atoms with E-state index in [1.807, 2.05) is 0 Å². The molecule has 0 aliphatic carbocycles. The molecule has 0 saturated carbocycles. The van der Waals surface area contributed by atoms with Crippen molar-refractivity contribution >= 4 is 11.8 Å². The van der Waals surface area contributed by atoms with Crippen LogP contribution in [0.4, 0.5) is 0 Å². The fourth-order valence-electron chi connectivity index (χ4n) is 2.71. The molecule has 0 nitrogen and oxygen atoms in total. The second-order valence-electron chi connectivity index (χ2n) is 6.01. The molecule has 1 saturated heterocycles. The Morgan fingerprint density at radius 3 is 1.54 bits per heavy atom. The molecule has 1 heteroatoms. The topological polar surface area (TPSA) is 0 Å². The lowest BCUT2D eigenvalue weighted by molar-refractivity contribution is 0.177. The first-order valence-corrected chi connectivity index (χ1v) is 5.85. The molecule has 1 unspecified atom stereocenters. The van der Waals surface area contributed by atoms with Gasteiger partial charge in [0.05, 0.1) is 0 Å². The van der Waals surface area contributed by atoms with Crippen molar-refractivity contribution in [3.8, 4) is 0 Å². The van der Waals surface area contributed by atoms with Crippen LogP contribution in [0.2, 0.25) is 0 Å². The molecule has 13 heavy (non-hydrogen) atoms. The van der Waals surface area contributed by atoms with Crippen LogP contribution >= 0.6 is 11.8 Å². The van der Waals surface area contributed by atoms with E-state index in [4.69, 9.17) is 0 Å². The predicted octanol–water partition coefficient (Wildman–Crippen LogP) is 4.12. The summed E-state index contributed by atoms with van der Waals surface area (Å²) in [6.45, 7) is 18.0. The molecule has 0 aromatic rings. The van der Waals surface area contributed by atoms with Crippen molar-refractivity contribution in [3.63, 3.8) is 0 Å². The Kier molecular flexibility index (Phi) is 2.40. The van der Waals surface area contributed by atoms with Crippen molar-refractivity contribution < 1.29 is 0 Å². The van der Waals surface area contributed by atoms with Crippen molar-refractivity contribution in [2.24, 2.45) is 10.8 Å². The fraction of sp³-hybridized carbons (Fsp3) is 0.833. The van der Waals surface area contributed by atoms with Crippen LogP contribution in [0.3, 0.4) is 0 Å². The molecular weight excluding hydrogens is 176 g/mol. The van der Waals surface area contributed by atoms with Gasteiger partial charge in [-0.3, -0.25) is 0 Å². The summed E-state index contributed by atoms with van der Waals surface area (Å²) in [5.74, 6) is 0. The Balaban J connectivity index is 3.01. The van der Waals surface area contributed by atoms with Gasteiger partial charge >= 0.3 is 0 Å². The predicted molar refractivity (Wildman–Crippen MR) is 63.2 cm³/mol. The first kappa shape index (κ1) is 11.2. The lowest BCUT2D eigenvalue weighted by Crippen LogP contribution is -2.42. The van der Waals surface area contributed by atoms with E-state index in [1.54, 1.807) is 0 Å². The molecule has 0 bridgehead atoms. The summed E-state index contributed by atoms with van der Waals surface area (Å²) in [4.78, 5) is 0. The molecule has 1 rings (SSSR count). The first-order valence-electron chi connectivity index (χ1n) is 4.97. The highest BCUT2D eigenvalue weighted by Crippen LogP contribution is 2.71. The average molecular weight is 198 g/mol. The third kappa shape index (κ3) is 1.45. The summed E-state index contributed by atoms with van der Waals surface area (Å²) >= 11 is 2.08. The summed E-state index contributed by atoms with van der Waals surface area (Å²) in [7, 11) is 0. The quantitative estimate of drug-likeness (QED) is 0.451. The molecule has 0 spiro atoms. The zero-order chi connectivity index (χ0) is 10.5. The molecule has 0 aromatic heterocycles. The molecule has 0 amide bonds. The Morgan fingerprint density at radius 1 is 1.08 bits per heavy atom. The van der Waals surface area contributed by atoms with Gasteiger partial charge in [0.15, 0.2) is 0 Å². The Hall–Kier alpha value is 0.0900. The third-order valence-electron chi connectivity index (χ3n) is 3.10. The van der Waals surface area contributed by atoms with Gasteiger partial charge in [0.2, 0.25) is 0 Å². The summed E-state index contributed by atoms with van der Waals surface area (Å²) in [5.41, 5.74) is 0.712. The first-order chi connectivity index (χ1) is 5.67. The van der Waals surface area contributed by atoms with Gasteiger partial charge in [0.25, 0.3) is 0 Å². The monoisotopic (exact) mass is 198 g/mol. The minimum absolute atomic E-state index is 0.356. The molecule has 76 valence electrons. The standard InChI is InChI=1S/C12H22S/c1-8-9-12(13-9,10(2,3)4)11(5,6)7/h8-9H,1H2,2-7H3. The Labute approximate surface area is 87.2 Å². The summed E-state index contributed by atoms with van der Waals surface area (Å²) in [6.07, 6.45) is 2.11. The molecule has 0 aromatic carbocycles. The zero-order valence-corrected chi connectivity index (χ0v) is 10.6. The van der Waals surface area contributed by atoms with Crippen molar-refractivity contribution in [2.45, 2.75) is 51.5 Å². The van der Waals surface area contributed by atoms with Gasteiger partial charge in [-0.15, -0.1) is 18.3 Å². The van der Waals surface area contributed by atoms with E-state index in [1.165, 1.54) is 0 Å². The van der Waals surface area contributed by atoms with E-state index in [9.17, 15) is 0 Å². The van der Waals surface area contributed by atoms with Gasteiger partial charge in [0.1, 0.15) is 0 Å². The maximum absolute atomic E-state index is 3.92. The van der Waals surface area contributed by atoms with Gasteiger partial charge in [-0.05, 0) is 10.8 Å². The van der Waals surface area contributed by atoms with Crippen LogP contribution in [0, 0.1) is 10.8 Å².